The summed E-state index contributed by atoms with van der Waals surface area (Å²) in [6.45, 7) is 7.66. The number of benzene rings is 2. The number of likely N-dealkylation sites (tertiary alicyclic amines) is 1. The van der Waals surface area contributed by atoms with Crippen LogP contribution in [0.4, 0.5) is 13.2 Å². The molecular weight excluding hydrogens is 680 g/mol. The van der Waals surface area contributed by atoms with E-state index in [0.29, 0.717) is 68.1 Å². The Labute approximate surface area is 289 Å². The number of ether oxygens (including phenoxy) is 1. The second kappa shape index (κ2) is 14.5. The van der Waals surface area contributed by atoms with Crippen LogP contribution in [0.15, 0.2) is 40.5 Å². The highest BCUT2D eigenvalue weighted by atomic mass is 32.1. The van der Waals surface area contributed by atoms with E-state index >= 15 is 0 Å². The number of aliphatic hydroxyl groups excluding tert-OH is 1. The zero-order valence-electron chi connectivity index (χ0n) is 27.3. The Balaban J connectivity index is 1.04. The van der Waals surface area contributed by atoms with Crippen LogP contribution in [0.5, 0.6) is 5.75 Å². The van der Waals surface area contributed by atoms with Gasteiger partial charge in [-0.2, -0.15) is 13.2 Å². The Hall–Kier alpha value is -3.34. The average molecular weight is 720 g/mol. The first kappa shape index (κ1) is 35.5. The van der Waals surface area contributed by atoms with Gasteiger partial charge in [-0.1, -0.05) is 43.4 Å². The highest BCUT2D eigenvalue weighted by molar-refractivity contribution is 7.16. The normalized spacial score (nSPS) is 17.7. The van der Waals surface area contributed by atoms with Crippen LogP contribution in [0.25, 0.3) is 10.2 Å². The number of hydrogen-bond donors (Lipinski definition) is 4. The van der Waals surface area contributed by atoms with Gasteiger partial charge in [0.2, 0.25) is 0 Å². The van der Waals surface area contributed by atoms with E-state index in [0.717, 1.165) is 28.0 Å². The maximum Gasteiger partial charge on any atom is 0.416 e. The standard InChI is InChI=1S/C34H40F3N5O5S2/c1-20(2)30-39-25(18-48-30)31(45)42-13-14-47-33(19-42)8-11-41(12-9-33)17-21-3-5-24(34(35,36)37)22(15-21)7-10-38-16-27(44)23-4-6-26(43)28-29(23)49-32(46)40-28/h3-6,15,18,20,27,38,43-44H,7-14,16-17,19H2,1-2H3,(H,40,46). The predicted molar refractivity (Wildman–Crippen MR) is 182 cm³/mol. The third-order valence-corrected chi connectivity index (χ3v) is 11.4. The van der Waals surface area contributed by atoms with E-state index in [2.05, 4.69) is 34.0 Å². The van der Waals surface area contributed by atoms with Crippen LogP contribution in [-0.2, 0) is 23.9 Å². The van der Waals surface area contributed by atoms with E-state index in [-0.39, 0.29) is 53.0 Å². The maximum atomic E-state index is 14.0. The highest BCUT2D eigenvalue weighted by Crippen LogP contribution is 2.35. The Kier molecular flexibility index (Phi) is 10.5. The second-order valence-electron chi connectivity index (χ2n) is 13.1. The number of carbonyl (C=O) groups excluding carboxylic acids is 1. The van der Waals surface area contributed by atoms with Gasteiger partial charge in [0.25, 0.3) is 5.91 Å². The van der Waals surface area contributed by atoms with Gasteiger partial charge in [0.15, 0.2) is 0 Å². The molecule has 1 amide bonds. The molecule has 4 aromatic rings. The van der Waals surface area contributed by atoms with Crippen LogP contribution in [0, 0.1) is 0 Å². The van der Waals surface area contributed by atoms with Crippen LogP contribution in [0.3, 0.4) is 0 Å². The molecule has 2 aromatic heterocycles. The third kappa shape index (κ3) is 8.02. The van der Waals surface area contributed by atoms with Gasteiger partial charge in [-0.05, 0) is 49.1 Å². The van der Waals surface area contributed by atoms with Crippen LogP contribution >= 0.6 is 22.7 Å². The lowest BCUT2D eigenvalue weighted by molar-refractivity contribution is -0.138. The number of nitrogens with one attached hydrogen (secondary N) is 2. The van der Waals surface area contributed by atoms with Crippen molar-refractivity contribution in [1.82, 2.24) is 25.1 Å². The molecule has 264 valence electrons. The van der Waals surface area contributed by atoms with E-state index in [1.54, 1.807) is 6.07 Å². The molecule has 6 rings (SSSR count). The molecule has 0 aliphatic carbocycles. The summed E-state index contributed by atoms with van der Waals surface area (Å²) in [6.07, 6.45) is -4.04. The minimum atomic E-state index is -4.51. The molecule has 1 spiro atoms. The zero-order valence-corrected chi connectivity index (χ0v) is 28.9. The smallest absolute Gasteiger partial charge is 0.416 e. The van der Waals surface area contributed by atoms with Crippen molar-refractivity contribution in [3.05, 3.63) is 78.3 Å². The first-order valence-electron chi connectivity index (χ1n) is 16.4. The molecular formula is C34H40F3N5O5S2. The number of aromatic amines is 1. The SMILES string of the molecule is CC(C)c1nc(C(=O)N2CCOC3(CCN(Cc4ccc(C(F)(F)F)c(CCNCC(O)c5ccc(O)c6[nH]c(=O)sc56)c4)CC3)C2)cs1. The number of thiazole rings is 2. The van der Waals surface area contributed by atoms with Crippen molar-refractivity contribution >= 4 is 38.8 Å². The number of phenolic OH excluding ortho intramolecular Hbond substituents is 1. The number of hydrogen-bond acceptors (Lipinski definition) is 10. The number of carbonyl (C=O) groups is 1. The molecule has 0 radical (unpaired) electrons. The van der Waals surface area contributed by atoms with Gasteiger partial charge in [0.05, 0.1) is 40.1 Å². The van der Waals surface area contributed by atoms with Gasteiger partial charge >= 0.3 is 11.0 Å². The number of aromatic hydroxyl groups is 1. The lowest BCUT2D eigenvalue weighted by Crippen LogP contribution is -2.58. The molecule has 2 aliphatic rings. The number of nitrogens with zero attached hydrogens (tertiary/aromatic N) is 3. The molecule has 2 fully saturated rings. The lowest BCUT2D eigenvalue weighted by atomic mass is 9.89. The number of phenols is 1. The molecule has 4 N–H and O–H groups in total. The van der Waals surface area contributed by atoms with Crippen LogP contribution in [0.1, 0.15) is 76.5 Å². The largest absolute Gasteiger partial charge is 0.506 e. The Morgan fingerprint density at radius 1 is 1.18 bits per heavy atom. The molecule has 2 aromatic carbocycles. The number of rotatable bonds is 10. The molecule has 15 heteroatoms. The number of aromatic nitrogens is 2. The zero-order chi connectivity index (χ0) is 34.9. The molecule has 0 bridgehead atoms. The number of piperidine rings is 1. The Bertz CT molecular complexity index is 1850. The summed E-state index contributed by atoms with van der Waals surface area (Å²) in [5.41, 5.74) is 0.979. The maximum absolute atomic E-state index is 14.0. The van der Waals surface area contributed by atoms with Crippen molar-refractivity contribution in [2.45, 2.75) is 63.5 Å². The van der Waals surface area contributed by atoms with Crippen molar-refractivity contribution in [2.24, 2.45) is 0 Å². The van der Waals surface area contributed by atoms with Crippen molar-refractivity contribution in [1.29, 1.82) is 0 Å². The summed E-state index contributed by atoms with van der Waals surface area (Å²) in [5, 5.41) is 26.6. The fraction of sp³-hybridized carbons (Fsp3) is 0.500. The number of H-pyrrole nitrogens is 1. The van der Waals surface area contributed by atoms with E-state index < -0.39 is 23.4 Å². The van der Waals surface area contributed by atoms with Gasteiger partial charge in [-0.3, -0.25) is 14.5 Å². The van der Waals surface area contributed by atoms with Crippen molar-refractivity contribution in [3.8, 4) is 5.75 Å². The molecule has 10 nitrogen and oxygen atoms in total. The topological polar surface area (TPSA) is 131 Å². The molecule has 4 heterocycles. The monoisotopic (exact) mass is 719 g/mol. The molecule has 1 atom stereocenters. The van der Waals surface area contributed by atoms with Gasteiger partial charge in [0.1, 0.15) is 17.0 Å². The van der Waals surface area contributed by atoms with Gasteiger partial charge in [-0.25, -0.2) is 4.98 Å². The molecule has 49 heavy (non-hydrogen) atoms. The summed E-state index contributed by atoms with van der Waals surface area (Å²) in [6, 6.07) is 7.20. The molecule has 2 aliphatic heterocycles. The molecule has 0 saturated carbocycles. The Morgan fingerprint density at radius 3 is 2.67 bits per heavy atom. The second-order valence-corrected chi connectivity index (χ2v) is 15.0. The quantitative estimate of drug-likeness (QED) is 0.163. The van der Waals surface area contributed by atoms with Crippen LogP contribution in [-0.4, -0.2) is 87.4 Å². The number of halogens is 3. The number of aliphatic hydroxyl groups is 1. The van der Waals surface area contributed by atoms with E-state index in [9.17, 15) is 33.0 Å². The minimum Gasteiger partial charge on any atom is -0.506 e. The minimum absolute atomic E-state index is 0.0520. The van der Waals surface area contributed by atoms with Crippen LogP contribution in [0.2, 0.25) is 0 Å². The fourth-order valence-corrected chi connectivity index (χ4v) is 8.34. The summed E-state index contributed by atoms with van der Waals surface area (Å²) >= 11 is 2.37. The summed E-state index contributed by atoms with van der Waals surface area (Å²) in [7, 11) is 0. The van der Waals surface area contributed by atoms with E-state index in [1.165, 1.54) is 29.5 Å². The van der Waals surface area contributed by atoms with Gasteiger partial charge in [-0.15, -0.1) is 11.3 Å². The summed E-state index contributed by atoms with van der Waals surface area (Å²) in [4.78, 5) is 35.8. The number of alkyl halides is 3. The highest BCUT2D eigenvalue weighted by Gasteiger charge is 2.41. The van der Waals surface area contributed by atoms with E-state index in [4.69, 9.17) is 4.74 Å². The molecule has 1 unspecified atom stereocenters. The lowest BCUT2D eigenvalue weighted by Gasteiger charge is -2.47. The number of amides is 1. The number of fused-ring (bicyclic) bond motifs is 1. The summed E-state index contributed by atoms with van der Waals surface area (Å²) in [5.74, 6) is 0.0777. The van der Waals surface area contributed by atoms with Gasteiger partial charge < -0.3 is 30.2 Å². The van der Waals surface area contributed by atoms with Crippen LogP contribution < -0.4 is 10.2 Å². The van der Waals surface area contributed by atoms with Crippen molar-refractivity contribution in [3.63, 3.8) is 0 Å². The van der Waals surface area contributed by atoms with Gasteiger partial charge in [0, 0.05) is 49.6 Å². The average Bonchev–Trinajstić information content (AvgIpc) is 3.72. The Morgan fingerprint density at radius 2 is 1.96 bits per heavy atom. The molecule has 2 saturated heterocycles. The van der Waals surface area contributed by atoms with Crippen molar-refractivity contribution in [2.75, 3.05) is 45.9 Å². The fourth-order valence-electron chi connectivity index (χ4n) is 6.61. The summed E-state index contributed by atoms with van der Waals surface area (Å²) < 4.78 is 48.5. The number of morpholine rings is 1. The first-order valence-corrected chi connectivity index (χ1v) is 18.0. The predicted octanol–water partition coefficient (Wildman–Crippen LogP) is 5.27. The third-order valence-electron chi connectivity index (χ3n) is 9.27. The van der Waals surface area contributed by atoms with Crippen molar-refractivity contribution < 1.29 is 32.9 Å². The first-order chi connectivity index (χ1) is 23.3. The van der Waals surface area contributed by atoms with E-state index in [1.807, 2.05) is 10.3 Å².